The molecule has 1 aromatic rings. The highest BCUT2D eigenvalue weighted by atomic mass is 16.5. The van der Waals surface area contributed by atoms with Crippen molar-refractivity contribution >= 4 is 23.7 Å². The number of amides is 3. The third-order valence-corrected chi connectivity index (χ3v) is 7.25. The van der Waals surface area contributed by atoms with Crippen LogP contribution in [0.1, 0.15) is 82.6 Å². The Morgan fingerprint density at radius 2 is 1.67 bits per heavy atom. The van der Waals surface area contributed by atoms with Crippen LogP contribution in [0.4, 0.5) is 0 Å². The molecular weight excluding hydrogens is 462 g/mol. The third kappa shape index (κ3) is 7.01. The Morgan fingerprint density at radius 3 is 2.28 bits per heavy atom. The van der Waals surface area contributed by atoms with Crippen LogP contribution in [0.15, 0.2) is 18.6 Å². The second kappa shape index (κ2) is 12.3. The number of hydrogen-bond acceptors (Lipinski definition) is 7. The SMILES string of the molecule is COC(=O)[C@@H]1CCC[C@@H]1NC(=O)[C@@H](NC(=O)[C@@H](NC(=O)c1cnccn1)C1CCCCC1)C(C)(C)C. The van der Waals surface area contributed by atoms with Crippen molar-refractivity contribution in [2.45, 2.75) is 90.3 Å². The summed E-state index contributed by atoms with van der Waals surface area (Å²) in [5.74, 6) is -1.99. The van der Waals surface area contributed by atoms with E-state index < -0.39 is 35.2 Å². The van der Waals surface area contributed by atoms with Crippen LogP contribution in [0, 0.1) is 17.3 Å². The average Bonchev–Trinajstić information content (AvgIpc) is 3.33. The molecule has 0 bridgehead atoms. The molecule has 2 fully saturated rings. The van der Waals surface area contributed by atoms with Crippen molar-refractivity contribution in [2.75, 3.05) is 7.11 Å². The first-order chi connectivity index (χ1) is 17.1. The first kappa shape index (κ1) is 27.5. The second-order valence-electron chi connectivity index (χ2n) is 10.9. The summed E-state index contributed by atoms with van der Waals surface area (Å²) < 4.78 is 4.90. The van der Waals surface area contributed by atoms with Gasteiger partial charge in [0, 0.05) is 18.4 Å². The fourth-order valence-electron chi connectivity index (χ4n) is 5.24. The molecule has 0 unspecified atom stereocenters. The minimum atomic E-state index is -0.858. The van der Waals surface area contributed by atoms with Gasteiger partial charge in [-0.1, -0.05) is 46.5 Å². The summed E-state index contributed by atoms with van der Waals surface area (Å²) in [5, 5.41) is 8.76. The number of carbonyl (C=O) groups is 4. The maximum absolute atomic E-state index is 13.6. The Bertz CT molecular complexity index is 926. The van der Waals surface area contributed by atoms with E-state index in [2.05, 4.69) is 25.9 Å². The summed E-state index contributed by atoms with van der Waals surface area (Å²) in [5.41, 5.74) is -0.475. The quantitative estimate of drug-likeness (QED) is 0.464. The number of esters is 1. The van der Waals surface area contributed by atoms with Gasteiger partial charge in [-0.05, 0) is 37.0 Å². The van der Waals surface area contributed by atoms with E-state index in [9.17, 15) is 19.2 Å². The zero-order valence-corrected chi connectivity index (χ0v) is 21.7. The maximum Gasteiger partial charge on any atom is 0.310 e. The summed E-state index contributed by atoms with van der Waals surface area (Å²) >= 11 is 0. The first-order valence-electron chi connectivity index (χ1n) is 12.9. The van der Waals surface area contributed by atoms with Crippen LogP contribution in [0.5, 0.6) is 0 Å². The van der Waals surface area contributed by atoms with Gasteiger partial charge in [0.05, 0.1) is 19.2 Å². The molecule has 3 N–H and O–H groups in total. The highest BCUT2D eigenvalue weighted by Crippen LogP contribution is 2.29. The number of rotatable bonds is 8. The van der Waals surface area contributed by atoms with Gasteiger partial charge in [-0.2, -0.15) is 0 Å². The number of aromatic nitrogens is 2. The smallest absolute Gasteiger partial charge is 0.310 e. The molecule has 0 saturated heterocycles. The zero-order chi connectivity index (χ0) is 26.3. The third-order valence-electron chi connectivity index (χ3n) is 7.25. The summed E-state index contributed by atoms with van der Waals surface area (Å²) in [6.45, 7) is 5.62. The van der Waals surface area contributed by atoms with Crippen molar-refractivity contribution in [3.05, 3.63) is 24.3 Å². The summed E-state index contributed by atoms with van der Waals surface area (Å²) in [6, 6.07) is -1.99. The molecule has 2 aliphatic rings. The Labute approximate surface area is 212 Å². The van der Waals surface area contributed by atoms with Crippen LogP contribution in [-0.4, -0.2) is 58.9 Å². The van der Waals surface area contributed by atoms with Gasteiger partial charge in [0.25, 0.3) is 5.91 Å². The van der Waals surface area contributed by atoms with Gasteiger partial charge in [-0.3, -0.25) is 24.2 Å². The van der Waals surface area contributed by atoms with E-state index in [0.29, 0.717) is 12.8 Å². The maximum atomic E-state index is 13.6. The number of hydrogen-bond donors (Lipinski definition) is 3. The van der Waals surface area contributed by atoms with E-state index in [4.69, 9.17) is 4.74 Å². The van der Waals surface area contributed by atoms with Crippen LogP contribution in [0.25, 0.3) is 0 Å². The molecule has 0 aromatic carbocycles. The molecule has 2 aliphatic carbocycles. The Morgan fingerprint density at radius 1 is 0.944 bits per heavy atom. The minimum Gasteiger partial charge on any atom is -0.469 e. The lowest BCUT2D eigenvalue weighted by molar-refractivity contribution is -0.146. The van der Waals surface area contributed by atoms with Gasteiger partial charge in [0.2, 0.25) is 11.8 Å². The van der Waals surface area contributed by atoms with E-state index in [1.54, 1.807) is 0 Å². The van der Waals surface area contributed by atoms with Gasteiger partial charge >= 0.3 is 5.97 Å². The molecule has 3 rings (SSSR count). The van der Waals surface area contributed by atoms with Gasteiger partial charge in [-0.15, -0.1) is 0 Å². The summed E-state index contributed by atoms with van der Waals surface area (Å²) in [7, 11) is 1.35. The number of methoxy groups -OCH3 is 1. The standard InChI is InChI=1S/C26H39N5O5/c1-26(2,3)21(24(34)29-18-12-8-11-17(18)25(35)36-4)31-23(33)20(16-9-6-5-7-10-16)30-22(32)19-15-27-13-14-28-19/h13-18,20-21H,5-12H2,1-4H3,(H,29,34)(H,30,32)(H,31,33)/t17-,18+,20+,21-/m1/s1. The number of carbonyl (C=O) groups excluding carboxylic acids is 4. The normalized spacial score (nSPS) is 22.2. The van der Waals surface area contributed by atoms with E-state index in [1.165, 1.54) is 25.7 Å². The lowest BCUT2D eigenvalue weighted by Gasteiger charge is -2.35. The van der Waals surface area contributed by atoms with Gasteiger partial charge in [0.1, 0.15) is 17.8 Å². The molecule has 0 spiro atoms. The second-order valence-corrected chi connectivity index (χ2v) is 10.9. The van der Waals surface area contributed by atoms with E-state index in [1.807, 2.05) is 20.8 Å². The molecule has 1 heterocycles. The monoisotopic (exact) mass is 501 g/mol. The van der Waals surface area contributed by atoms with Crippen molar-refractivity contribution in [1.29, 1.82) is 0 Å². The Hall–Kier alpha value is -3.04. The molecule has 198 valence electrons. The molecular formula is C26H39N5O5. The van der Waals surface area contributed by atoms with Gasteiger partial charge in [-0.25, -0.2) is 4.98 Å². The highest BCUT2D eigenvalue weighted by molar-refractivity contribution is 5.97. The lowest BCUT2D eigenvalue weighted by atomic mass is 9.82. The molecule has 2 saturated carbocycles. The molecule has 0 aliphatic heterocycles. The number of nitrogens with zero attached hydrogens (tertiary/aromatic N) is 2. The van der Waals surface area contributed by atoms with Crippen LogP contribution in [-0.2, 0) is 19.1 Å². The van der Waals surface area contributed by atoms with E-state index in [0.717, 1.165) is 38.5 Å². The van der Waals surface area contributed by atoms with Crippen molar-refractivity contribution in [3.63, 3.8) is 0 Å². The molecule has 4 atom stereocenters. The van der Waals surface area contributed by atoms with Crippen molar-refractivity contribution in [3.8, 4) is 0 Å². The largest absolute Gasteiger partial charge is 0.469 e. The van der Waals surface area contributed by atoms with Crippen molar-refractivity contribution in [2.24, 2.45) is 17.3 Å². The van der Waals surface area contributed by atoms with Crippen LogP contribution in [0.2, 0.25) is 0 Å². The van der Waals surface area contributed by atoms with Crippen molar-refractivity contribution < 1.29 is 23.9 Å². The number of nitrogens with one attached hydrogen (secondary N) is 3. The summed E-state index contributed by atoms with van der Waals surface area (Å²) in [4.78, 5) is 60.0. The molecule has 36 heavy (non-hydrogen) atoms. The lowest BCUT2D eigenvalue weighted by Crippen LogP contribution is -2.60. The van der Waals surface area contributed by atoms with Crippen LogP contribution in [0.3, 0.4) is 0 Å². The predicted molar refractivity (Wildman–Crippen MR) is 133 cm³/mol. The van der Waals surface area contributed by atoms with Crippen LogP contribution >= 0.6 is 0 Å². The fraction of sp³-hybridized carbons (Fsp3) is 0.692. The zero-order valence-electron chi connectivity index (χ0n) is 21.7. The molecule has 10 nitrogen and oxygen atoms in total. The van der Waals surface area contributed by atoms with E-state index >= 15 is 0 Å². The Kier molecular flexibility index (Phi) is 9.39. The molecule has 3 amide bonds. The first-order valence-corrected chi connectivity index (χ1v) is 12.9. The van der Waals surface area contributed by atoms with Gasteiger partial charge in [0.15, 0.2) is 0 Å². The fourth-order valence-corrected chi connectivity index (χ4v) is 5.24. The van der Waals surface area contributed by atoms with E-state index in [-0.39, 0.29) is 29.5 Å². The van der Waals surface area contributed by atoms with Crippen LogP contribution < -0.4 is 16.0 Å². The van der Waals surface area contributed by atoms with Crippen molar-refractivity contribution in [1.82, 2.24) is 25.9 Å². The number of ether oxygens (including phenoxy) is 1. The molecule has 1 aromatic heterocycles. The topological polar surface area (TPSA) is 139 Å². The highest BCUT2D eigenvalue weighted by Gasteiger charge is 2.41. The van der Waals surface area contributed by atoms with Gasteiger partial charge < -0.3 is 20.7 Å². The minimum absolute atomic E-state index is 0.0402. The Balaban J connectivity index is 1.76. The predicted octanol–water partition coefficient (Wildman–Crippen LogP) is 2.14. The molecule has 10 heteroatoms. The summed E-state index contributed by atoms with van der Waals surface area (Å²) in [6.07, 6.45) is 11.1. The molecule has 0 radical (unpaired) electrons. The average molecular weight is 502 g/mol.